The van der Waals surface area contributed by atoms with Crippen LogP contribution in [0.3, 0.4) is 0 Å². The Labute approximate surface area is 248 Å². The standard InChI is InChI=1S/C32H44N6O4/c1-22(29(34)35)19-26(33)25-9-4-5-11-28(25)42-20-23-12-14-24(15-13-23)36-30(40)27(10-6-7-18-38(2)3)37-31(41)32(21-39)16-8-17-32/h4-5,9,11-15,19,21,27H,6-8,10,16-18,20,33-35H2,1-3H3,(H,36,40)(H,37,41)/b26-19-. The molecule has 1 fully saturated rings. The van der Waals surface area contributed by atoms with E-state index in [1.165, 1.54) is 0 Å². The maximum absolute atomic E-state index is 13.2. The molecule has 8 N–H and O–H groups in total. The summed E-state index contributed by atoms with van der Waals surface area (Å²) in [7, 11) is 3.99. The maximum Gasteiger partial charge on any atom is 0.246 e. The minimum Gasteiger partial charge on any atom is -0.488 e. The lowest BCUT2D eigenvalue weighted by atomic mass is 9.69. The van der Waals surface area contributed by atoms with Crippen molar-refractivity contribution < 1.29 is 19.1 Å². The summed E-state index contributed by atoms with van der Waals surface area (Å²) in [6.45, 7) is 2.95. The van der Waals surface area contributed by atoms with Crippen molar-refractivity contribution in [2.24, 2.45) is 22.6 Å². The van der Waals surface area contributed by atoms with E-state index in [2.05, 4.69) is 15.5 Å². The van der Waals surface area contributed by atoms with Crippen molar-refractivity contribution in [1.82, 2.24) is 10.2 Å². The van der Waals surface area contributed by atoms with Crippen LogP contribution in [0.1, 0.15) is 56.6 Å². The molecular formula is C32H44N6O4. The number of ether oxygens (including phenoxy) is 1. The molecule has 1 atom stereocenters. The summed E-state index contributed by atoms with van der Waals surface area (Å²) in [5.41, 5.74) is 19.9. The van der Waals surface area contributed by atoms with E-state index in [0.29, 0.717) is 42.0 Å². The third kappa shape index (κ3) is 8.84. The maximum atomic E-state index is 13.2. The summed E-state index contributed by atoms with van der Waals surface area (Å²) < 4.78 is 6.05. The molecule has 0 saturated heterocycles. The second-order valence-corrected chi connectivity index (χ2v) is 11.2. The number of aldehydes is 1. The zero-order valence-corrected chi connectivity index (χ0v) is 24.8. The number of benzene rings is 2. The fourth-order valence-electron chi connectivity index (χ4n) is 4.60. The van der Waals surface area contributed by atoms with Gasteiger partial charge in [-0.15, -0.1) is 0 Å². The number of unbranched alkanes of at least 4 members (excludes halogenated alkanes) is 1. The highest BCUT2D eigenvalue weighted by molar-refractivity contribution is 6.02. The van der Waals surface area contributed by atoms with Gasteiger partial charge in [-0.3, -0.25) is 9.59 Å². The van der Waals surface area contributed by atoms with Crippen LogP contribution < -0.4 is 32.6 Å². The largest absolute Gasteiger partial charge is 0.488 e. The van der Waals surface area contributed by atoms with Crippen molar-refractivity contribution in [1.29, 1.82) is 0 Å². The van der Waals surface area contributed by atoms with E-state index in [1.807, 2.05) is 50.5 Å². The van der Waals surface area contributed by atoms with Crippen molar-refractivity contribution in [3.05, 3.63) is 77.1 Å². The van der Waals surface area contributed by atoms with Gasteiger partial charge < -0.3 is 42.3 Å². The fourth-order valence-corrected chi connectivity index (χ4v) is 4.60. The lowest BCUT2D eigenvalue weighted by molar-refractivity contribution is -0.143. The van der Waals surface area contributed by atoms with Gasteiger partial charge in [-0.1, -0.05) is 30.7 Å². The molecule has 2 aromatic carbocycles. The number of carbonyl (C=O) groups excluding carboxylic acids is 3. The van der Waals surface area contributed by atoms with Crippen LogP contribution >= 0.6 is 0 Å². The first-order valence-electron chi connectivity index (χ1n) is 14.3. The van der Waals surface area contributed by atoms with E-state index in [9.17, 15) is 14.4 Å². The molecule has 0 spiro atoms. The number of carbonyl (C=O) groups is 3. The zero-order chi connectivity index (χ0) is 30.7. The first-order chi connectivity index (χ1) is 20.0. The van der Waals surface area contributed by atoms with Gasteiger partial charge in [0.25, 0.3) is 0 Å². The highest BCUT2D eigenvalue weighted by Gasteiger charge is 2.45. The molecule has 1 aliphatic carbocycles. The average molecular weight is 577 g/mol. The lowest BCUT2D eigenvalue weighted by Crippen LogP contribution is -2.53. The Hall–Kier alpha value is -4.31. The molecular weight excluding hydrogens is 532 g/mol. The van der Waals surface area contributed by atoms with Crippen molar-refractivity contribution in [2.45, 2.75) is 58.1 Å². The summed E-state index contributed by atoms with van der Waals surface area (Å²) in [5.74, 6) is 0.137. The van der Waals surface area contributed by atoms with E-state index >= 15 is 0 Å². The third-order valence-electron chi connectivity index (χ3n) is 7.53. The van der Waals surface area contributed by atoms with Crippen LogP contribution in [0.2, 0.25) is 0 Å². The predicted molar refractivity (Wildman–Crippen MR) is 166 cm³/mol. The molecule has 1 saturated carbocycles. The molecule has 2 amide bonds. The highest BCUT2D eigenvalue weighted by Crippen LogP contribution is 2.39. The minimum atomic E-state index is -1.00. The van der Waals surface area contributed by atoms with Gasteiger partial charge in [0.2, 0.25) is 11.8 Å². The number of nitrogens with zero attached hydrogens (tertiary/aromatic N) is 1. The Morgan fingerprint density at radius 2 is 1.74 bits per heavy atom. The summed E-state index contributed by atoms with van der Waals surface area (Å²) in [6, 6.07) is 14.0. The van der Waals surface area contributed by atoms with Crippen LogP contribution in [0, 0.1) is 5.41 Å². The number of para-hydroxylation sites is 1. The van der Waals surface area contributed by atoms with Crippen LogP contribution in [-0.4, -0.2) is 49.7 Å². The average Bonchev–Trinajstić information content (AvgIpc) is 2.93. The molecule has 0 radical (unpaired) electrons. The molecule has 10 nitrogen and oxygen atoms in total. The molecule has 42 heavy (non-hydrogen) atoms. The molecule has 0 aromatic heterocycles. The number of nitrogens with one attached hydrogen (secondary N) is 2. The quantitative estimate of drug-likeness (QED) is 0.0933. The Kier molecular flexibility index (Phi) is 11.6. The number of allylic oxidation sites excluding steroid dienone is 2. The van der Waals surface area contributed by atoms with E-state index in [-0.39, 0.29) is 24.2 Å². The van der Waals surface area contributed by atoms with Crippen LogP contribution in [0.4, 0.5) is 5.69 Å². The molecule has 1 unspecified atom stereocenters. The molecule has 10 heteroatoms. The van der Waals surface area contributed by atoms with Crippen LogP contribution in [-0.2, 0) is 21.0 Å². The number of amides is 2. The summed E-state index contributed by atoms with van der Waals surface area (Å²) >= 11 is 0. The Morgan fingerprint density at radius 3 is 2.33 bits per heavy atom. The summed E-state index contributed by atoms with van der Waals surface area (Å²) in [5, 5.41) is 5.77. The number of nitrogens with two attached hydrogens (primary N) is 3. The molecule has 2 aromatic rings. The number of rotatable bonds is 15. The molecule has 1 aliphatic rings. The molecule has 0 aliphatic heterocycles. The van der Waals surface area contributed by atoms with E-state index in [1.54, 1.807) is 25.1 Å². The first kappa shape index (κ1) is 32.2. The third-order valence-corrected chi connectivity index (χ3v) is 7.53. The molecule has 226 valence electrons. The van der Waals surface area contributed by atoms with Crippen LogP contribution in [0.5, 0.6) is 5.75 Å². The first-order valence-corrected chi connectivity index (χ1v) is 14.3. The summed E-state index contributed by atoms with van der Waals surface area (Å²) in [6.07, 6.45) is 6.44. The Balaban J connectivity index is 1.63. The number of anilines is 1. The smallest absolute Gasteiger partial charge is 0.246 e. The van der Waals surface area contributed by atoms with Crippen molar-refractivity contribution in [3.63, 3.8) is 0 Å². The van der Waals surface area contributed by atoms with Crippen LogP contribution in [0.15, 0.2) is 66.0 Å². The highest BCUT2D eigenvalue weighted by atomic mass is 16.5. The Morgan fingerprint density at radius 1 is 1.05 bits per heavy atom. The van der Waals surface area contributed by atoms with E-state index in [4.69, 9.17) is 21.9 Å². The fraction of sp³-hybridized carbons (Fsp3) is 0.406. The normalized spacial score (nSPS) is 14.8. The second-order valence-electron chi connectivity index (χ2n) is 11.2. The molecule has 3 rings (SSSR count). The number of hydrogen-bond donors (Lipinski definition) is 5. The van der Waals surface area contributed by atoms with Gasteiger partial charge in [0.15, 0.2) is 0 Å². The SMILES string of the molecule is CC(/C=C(\N)c1ccccc1OCc1ccc(NC(=O)C(CCCCN(C)C)NC(=O)C2(C=O)CCC2)cc1)=C(N)N. The van der Waals surface area contributed by atoms with Gasteiger partial charge in [-0.05, 0) is 101 Å². The minimum absolute atomic E-state index is 0.199. The predicted octanol–water partition coefficient (Wildman–Crippen LogP) is 3.24. The molecule has 0 bridgehead atoms. The van der Waals surface area contributed by atoms with Crippen LogP contribution in [0.25, 0.3) is 5.70 Å². The topological polar surface area (TPSA) is 166 Å². The second kappa shape index (κ2) is 15.1. The summed E-state index contributed by atoms with van der Waals surface area (Å²) in [4.78, 5) is 39.8. The Bertz CT molecular complexity index is 1290. The van der Waals surface area contributed by atoms with Gasteiger partial charge in [0.1, 0.15) is 30.1 Å². The van der Waals surface area contributed by atoms with Gasteiger partial charge in [0.05, 0.1) is 5.82 Å². The van der Waals surface area contributed by atoms with Crippen molar-refractivity contribution >= 4 is 29.5 Å². The van der Waals surface area contributed by atoms with E-state index < -0.39 is 11.5 Å². The number of hydrogen-bond acceptors (Lipinski definition) is 8. The van der Waals surface area contributed by atoms with Gasteiger partial charge in [-0.2, -0.15) is 0 Å². The zero-order valence-electron chi connectivity index (χ0n) is 24.8. The van der Waals surface area contributed by atoms with Gasteiger partial charge in [0, 0.05) is 16.9 Å². The van der Waals surface area contributed by atoms with Crippen molar-refractivity contribution in [2.75, 3.05) is 26.0 Å². The molecule has 0 heterocycles. The van der Waals surface area contributed by atoms with E-state index in [0.717, 1.165) is 43.2 Å². The van der Waals surface area contributed by atoms with Gasteiger partial charge in [-0.25, -0.2) is 0 Å². The lowest BCUT2D eigenvalue weighted by Gasteiger charge is -2.36. The monoisotopic (exact) mass is 576 g/mol. The van der Waals surface area contributed by atoms with Gasteiger partial charge >= 0.3 is 0 Å². The van der Waals surface area contributed by atoms with Crippen molar-refractivity contribution in [3.8, 4) is 5.75 Å².